The van der Waals surface area contributed by atoms with Crippen molar-refractivity contribution < 1.29 is 9.90 Å². The molecule has 100 valence electrons. The van der Waals surface area contributed by atoms with Crippen molar-refractivity contribution >= 4 is 23.0 Å². The predicted molar refractivity (Wildman–Crippen MR) is 79.2 cm³/mol. The smallest absolute Gasteiger partial charge is 0.335 e. The van der Waals surface area contributed by atoms with Gasteiger partial charge in [-0.05, 0) is 66.4 Å². The van der Waals surface area contributed by atoms with E-state index < -0.39 is 5.97 Å². The van der Waals surface area contributed by atoms with Gasteiger partial charge in [-0.3, -0.25) is 0 Å². The summed E-state index contributed by atoms with van der Waals surface area (Å²) in [5.41, 5.74) is 3.42. The standard InChI is InChI=1S/C15H17NO2S/c1-10-7-13(3-4-14(10)15(17)18)16-11(2)8-12-5-6-19-9-12/h3-7,9,11,16H,8H2,1-2H3,(H,17,18). The summed E-state index contributed by atoms with van der Waals surface area (Å²) in [5, 5.41) is 16.6. The van der Waals surface area contributed by atoms with Crippen molar-refractivity contribution in [3.8, 4) is 0 Å². The number of carboxylic acids is 1. The van der Waals surface area contributed by atoms with Crippen LogP contribution in [0.3, 0.4) is 0 Å². The Balaban J connectivity index is 2.03. The molecule has 4 heteroatoms. The van der Waals surface area contributed by atoms with E-state index >= 15 is 0 Å². The molecule has 0 radical (unpaired) electrons. The Kier molecular flexibility index (Phi) is 4.22. The van der Waals surface area contributed by atoms with E-state index in [1.165, 1.54) is 5.56 Å². The van der Waals surface area contributed by atoms with Crippen LogP contribution in [0.1, 0.15) is 28.4 Å². The van der Waals surface area contributed by atoms with Gasteiger partial charge in [0.05, 0.1) is 5.56 Å². The Hall–Kier alpha value is -1.81. The summed E-state index contributed by atoms with van der Waals surface area (Å²) in [4.78, 5) is 10.9. The van der Waals surface area contributed by atoms with Crippen LogP contribution in [-0.2, 0) is 6.42 Å². The SMILES string of the molecule is Cc1cc(NC(C)Cc2ccsc2)ccc1C(=O)O. The summed E-state index contributed by atoms with van der Waals surface area (Å²) in [7, 11) is 0. The lowest BCUT2D eigenvalue weighted by Crippen LogP contribution is -2.18. The van der Waals surface area contributed by atoms with Gasteiger partial charge in [0, 0.05) is 11.7 Å². The molecule has 2 aromatic rings. The third kappa shape index (κ3) is 3.58. The van der Waals surface area contributed by atoms with E-state index in [1.807, 2.05) is 19.1 Å². The number of anilines is 1. The summed E-state index contributed by atoms with van der Waals surface area (Å²) in [6.45, 7) is 3.94. The van der Waals surface area contributed by atoms with Crippen LogP contribution in [0.15, 0.2) is 35.0 Å². The molecule has 0 aliphatic rings. The number of thiophene rings is 1. The summed E-state index contributed by atoms with van der Waals surface area (Å²) >= 11 is 1.70. The van der Waals surface area contributed by atoms with Crippen molar-refractivity contribution in [1.29, 1.82) is 0 Å². The number of aromatic carboxylic acids is 1. The molecule has 0 aliphatic heterocycles. The minimum atomic E-state index is -0.879. The van der Waals surface area contributed by atoms with Crippen molar-refractivity contribution in [2.45, 2.75) is 26.3 Å². The van der Waals surface area contributed by atoms with Gasteiger partial charge in [0.25, 0.3) is 0 Å². The fourth-order valence-corrected chi connectivity index (χ4v) is 2.77. The Morgan fingerprint density at radius 3 is 2.79 bits per heavy atom. The van der Waals surface area contributed by atoms with E-state index in [9.17, 15) is 4.79 Å². The molecule has 2 N–H and O–H groups in total. The molecule has 19 heavy (non-hydrogen) atoms. The van der Waals surface area contributed by atoms with Gasteiger partial charge in [0.15, 0.2) is 0 Å². The highest BCUT2D eigenvalue weighted by Gasteiger charge is 2.09. The third-order valence-electron chi connectivity index (χ3n) is 2.99. The topological polar surface area (TPSA) is 49.3 Å². The van der Waals surface area contributed by atoms with Gasteiger partial charge in [-0.25, -0.2) is 4.79 Å². The largest absolute Gasteiger partial charge is 0.478 e. The van der Waals surface area contributed by atoms with E-state index in [0.29, 0.717) is 11.6 Å². The quantitative estimate of drug-likeness (QED) is 0.872. The monoisotopic (exact) mass is 275 g/mol. The molecule has 1 aromatic carbocycles. The number of carboxylic acid groups (broad SMARTS) is 1. The number of hydrogen-bond donors (Lipinski definition) is 2. The number of carbonyl (C=O) groups is 1. The Morgan fingerprint density at radius 1 is 1.42 bits per heavy atom. The highest BCUT2D eigenvalue weighted by Crippen LogP contribution is 2.17. The fraction of sp³-hybridized carbons (Fsp3) is 0.267. The van der Waals surface area contributed by atoms with E-state index in [-0.39, 0.29) is 0 Å². The number of benzene rings is 1. The Bertz CT molecular complexity index is 564. The van der Waals surface area contributed by atoms with Gasteiger partial charge in [0.1, 0.15) is 0 Å². The van der Waals surface area contributed by atoms with Crippen LogP contribution in [0.25, 0.3) is 0 Å². The molecule has 0 saturated carbocycles. The average Bonchev–Trinajstić information content (AvgIpc) is 2.81. The van der Waals surface area contributed by atoms with Crippen LogP contribution >= 0.6 is 11.3 Å². The Labute approximate surface area is 116 Å². The second-order valence-electron chi connectivity index (χ2n) is 4.72. The van der Waals surface area contributed by atoms with Gasteiger partial charge in [-0.1, -0.05) is 0 Å². The lowest BCUT2D eigenvalue weighted by Gasteiger charge is -2.15. The molecular weight excluding hydrogens is 258 g/mol. The van der Waals surface area contributed by atoms with Crippen LogP contribution in [0.5, 0.6) is 0 Å². The molecule has 1 heterocycles. The number of aryl methyl sites for hydroxylation is 1. The second kappa shape index (κ2) is 5.89. The first kappa shape index (κ1) is 13.6. The maximum atomic E-state index is 10.9. The summed E-state index contributed by atoms with van der Waals surface area (Å²) in [6, 6.07) is 7.79. The minimum absolute atomic E-state index is 0.310. The van der Waals surface area contributed by atoms with E-state index in [4.69, 9.17) is 5.11 Å². The lowest BCUT2D eigenvalue weighted by molar-refractivity contribution is 0.0696. The van der Waals surface area contributed by atoms with Gasteiger partial charge in [-0.2, -0.15) is 11.3 Å². The highest BCUT2D eigenvalue weighted by atomic mass is 32.1. The number of hydrogen-bond acceptors (Lipinski definition) is 3. The first-order chi connectivity index (χ1) is 9.06. The first-order valence-electron chi connectivity index (χ1n) is 6.18. The molecule has 0 aliphatic carbocycles. The van der Waals surface area contributed by atoms with E-state index in [2.05, 4.69) is 29.1 Å². The number of nitrogens with one attached hydrogen (secondary N) is 1. The Morgan fingerprint density at radius 2 is 2.21 bits per heavy atom. The molecule has 1 aromatic heterocycles. The van der Waals surface area contributed by atoms with Crippen LogP contribution in [-0.4, -0.2) is 17.1 Å². The predicted octanol–water partition coefficient (Wildman–Crippen LogP) is 3.80. The van der Waals surface area contributed by atoms with Crippen molar-refractivity contribution in [2.75, 3.05) is 5.32 Å². The molecular formula is C15H17NO2S. The molecule has 0 saturated heterocycles. The maximum Gasteiger partial charge on any atom is 0.335 e. The van der Waals surface area contributed by atoms with Gasteiger partial charge >= 0.3 is 5.97 Å². The zero-order valence-electron chi connectivity index (χ0n) is 11.0. The van der Waals surface area contributed by atoms with E-state index in [1.54, 1.807) is 17.4 Å². The van der Waals surface area contributed by atoms with Gasteiger partial charge in [-0.15, -0.1) is 0 Å². The van der Waals surface area contributed by atoms with Crippen molar-refractivity contribution in [2.24, 2.45) is 0 Å². The highest BCUT2D eigenvalue weighted by molar-refractivity contribution is 7.07. The lowest BCUT2D eigenvalue weighted by atomic mass is 10.1. The number of rotatable bonds is 5. The maximum absolute atomic E-state index is 10.9. The van der Waals surface area contributed by atoms with Gasteiger partial charge < -0.3 is 10.4 Å². The van der Waals surface area contributed by atoms with Crippen LogP contribution in [0.4, 0.5) is 5.69 Å². The normalized spacial score (nSPS) is 12.1. The molecule has 0 spiro atoms. The van der Waals surface area contributed by atoms with Crippen LogP contribution in [0, 0.1) is 6.92 Å². The summed E-state index contributed by atoms with van der Waals surface area (Å²) < 4.78 is 0. The molecule has 0 fully saturated rings. The first-order valence-corrected chi connectivity index (χ1v) is 7.12. The summed E-state index contributed by atoms with van der Waals surface area (Å²) in [6.07, 6.45) is 0.962. The zero-order chi connectivity index (χ0) is 13.8. The minimum Gasteiger partial charge on any atom is -0.478 e. The molecule has 1 unspecified atom stereocenters. The molecule has 3 nitrogen and oxygen atoms in total. The molecule has 1 atom stereocenters. The van der Waals surface area contributed by atoms with Crippen molar-refractivity contribution in [3.05, 3.63) is 51.7 Å². The third-order valence-corrected chi connectivity index (χ3v) is 3.72. The van der Waals surface area contributed by atoms with E-state index in [0.717, 1.165) is 17.7 Å². The van der Waals surface area contributed by atoms with Crippen LogP contribution in [0.2, 0.25) is 0 Å². The zero-order valence-corrected chi connectivity index (χ0v) is 11.8. The van der Waals surface area contributed by atoms with Crippen molar-refractivity contribution in [3.63, 3.8) is 0 Å². The fourth-order valence-electron chi connectivity index (χ4n) is 2.09. The van der Waals surface area contributed by atoms with Crippen LogP contribution < -0.4 is 5.32 Å². The average molecular weight is 275 g/mol. The molecule has 2 rings (SSSR count). The van der Waals surface area contributed by atoms with Crippen molar-refractivity contribution in [1.82, 2.24) is 0 Å². The molecule has 0 amide bonds. The second-order valence-corrected chi connectivity index (χ2v) is 5.50. The van der Waals surface area contributed by atoms with Gasteiger partial charge in [0.2, 0.25) is 0 Å². The molecule has 0 bridgehead atoms. The summed E-state index contributed by atoms with van der Waals surface area (Å²) in [5.74, 6) is -0.879.